The number of rotatable bonds is 3. The molecule has 0 aromatic heterocycles. The molecule has 0 radical (unpaired) electrons. The Kier molecular flexibility index (Phi) is 3.11. The predicted octanol–water partition coefficient (Wildman–Crippen LogP) is 4.05. The molecule has 4 bridgehead atoms. The lowest BCUT2D eigenvalue weighted by Gasteiger charge is -2.59. The first-order chi connectivity index (χ1) is 10.1. The molecule has 4 fully saturated rings. The Morgan fingerprint density at radius 2 is 1.48 bits per heavy atom. The smallest absolute Gasteiger partial charge is 0.129 e. The van der Waals surface area contributed by atoms with Crippen molar-refractivity contribution in [3.05, 3.63) is 35.4 Å². The molecule has 2 N–H and O–H groups in total. The van der Waals surface area contributed by atoms with E-state index in [0.29, 0.717) is 6.42 Å². The van der Waals surface area contributed by atoms with Crippen molar-refractivity contribution >= 4 is 0 Å². The third kappa shape index (κ3) is 2.21. The van der Waals surface area contributed by atoms with Crippen molar-refractivity contribution in [2.75, 3.05) is 0 Å². The summed E-state index contributed by atoms with van der Waals surface area (Å²) in [5, 5.41) is 0. The van der Waals surface area contributed by atoms with Crippen molar-refractivity contribution in [1.29, 1.82) is 0 Å². The monoisotopic (exact) mass is 291 g/mol. The molecular formula is C18H23F2N. The molecule has 0 saturated heterocycles. The van der Waals surface area contributed by atoms with E-state index < -0.39 is 11.6 Å². The molecule has 0 aliphatic heterocycles. The summed E-state index contributed by atoms with van der Waals surface area (Å²) in [7, 11) is 0. The molecule has 4 aliphatic carbocycles. The summed E-state index contributed by atoms with van der Waals surface area (Å²) < 4.78 is 27.8. The Hall–Kier alpha value is -0.960. The lowest BCUT2D eigenvalue weighted by Crippen LogP contribution is -2.55. The Morgan fingerprint density at radius 1 is 1.00 bits per heavy atom. The summed E-state index contributed by atoms with van der Waals surface area (Å²) in [6.45, 7) is 0. The highest BCUT2D eigenvalue weighted by atomic mass is 19.1. The fourth-order valence-corrected chi connectivity index (χ4v) is 5.80. The normalized spacial score (nSPS) is 38.7. The molecule has 5 rings (SSSR count). The molecule has 4 saturated carbocycles. The first-order valence-electron chi connectivity index (χ1n) is 8.24. The van der Waals surface area contributed by atoms with Gasteiger partial charge in [0.15, 0.2) is 0 Å². The summed E-state index contributed by atoms with van der Waals surface area (Å²) in [5.41, 5.74) is 6.83. The third-order valence-electron chi connectivity index (χ3n) is 6.36. The average Bonchev–Trinajstić information content (AvgIpc) is 2.41. The van der Waals surface area contributed by atoms with Crippen LogP contribution in [0.2, 0.25) is 0 Å². The summed E-state index contributed by atoms with van der Waals surface area (Å²) >= 11 is 0. The maximum absolute atomic E-state index is 13.9. The van der Waals surface area contributed by atoms with Crippen molar-refractivity contribution < 1.29 is 8.78 Å². The molecule has 1 aromatic rings. The second-order valence-electron chi connectivity index (χ2n) is 7.79. The third-order valence-corrected chi connectivity index (χ3v) is 6.36. The van der Waals surface area contributed by atoms with Crippen LogP contribution in [0.5, 0.6) is 0 Å². The highest BCUT2D eigenvalue weighted by Gasteiger charge is 2.53. The second-order valence-corrected chi connectivity index (χ2v) is 7.79. The molecule has 0 spiro atoms. The van der Waals surface area contributed by atoms with Gasteiger partial charge in [0.05, 0.1) is 0 Å². The first-order valence-corrected chi connectivity index (χ1v) is 8.24. The maximum atomic E-state index is 13.9. The van der Waals surface area contributed by atoms with Crippen molar-refractivity contribution in [1.82, 2.24) is 0 Å². The summed E-state index contributed by atoms with van der Waals surface area (Å²) in [6, 6.07) is 3.98. The number of hydrogen-bond donors (Lipinski definition) is 1. The van der Waals surface area contributed by atoms with Crippen LogP contribution < -0.4 is 5.73 Å². The van der Waals surface area contributed by atoms with Gasteiger partial charge in [0.1, 0.15) is 11.6 Å². The second kappa shape index (κ2) is 4.77. The standard InChI is InChI=1S/C18H23F2N/c19-15-2-1-3-16(20)14(15)7-17(21)18-8-11-4-12(9-18)6-13(5-11)10-18/h1-3,11-13,17H,4-10,21H2. The first kappa shape index (κ1) is 13.7. The van der Waals surface area contributed by atoms with Crippen molar-refractivity contribution in [2.24, 2.45) is 28.9 Å². The minimum Gasteiger partial charge on any atom is -0.327 e. The SMILES string of the molecule is NC(Cc1c(F)cccc1F)C12CC3CC(CC(C3)C1)C2. The van der Waals surface area contributed by atoms with Crippen LogP contribution in [0.3, 0.4) is 0 Å². The molecule has 1 nitrogen and oxygen atoms in total. The zero-order valence-corrected chi connectivity index (χ0v) is 12.3. The van der Waals surface area contributed by atoms with E-state index >= 15 is 0 Å². The molecule has 0 heterocycles. The van der Waals surface area contributed by atoms with Crippen LogP contribution in [0.4, 0.5) is 8.78 Å². The Bertz CT molecular complexity index is 499. The van der Waals surface area contributed by atoms with E-state index in [2.05, 4.69) is 0 Å². The quantitative estimate of drug-likeness (QED) is 0.893. The van der Waals surface area contributed by atoms with Crippen LogP contribution in [-0.4, -0.2) is 6.04 Å². The highest BCUT2D eigenvalue weighted by Crippen LogP contribution is 2.61. The van der Waals surface area contributed by atoms with Gasteiger partial charge < -0.3 is 5.73 Å². The summed E-state index contributed by atoms with van der Waals surface area (Å²) in [4.78, 5) is 0. The van der Waals surface area contributed by atoms with Crippen LogP contribution in [0.1, 0.15) is 44.1 Å². The Balaban J connectivity index is 1.59. The van der Waals surface area contributed by atoms with E-state index in [9.17, 15) is 8.78 Å². The van der Waals surface area contributed by atoms with E-state index in [0.717, 1.165) is 17.8 Å². The van der Waals surface area contributed by atoms with Crippen LogP contribution >= 0.6 is 0 Å². The number of halogens is 2. The maximum Gasteiger partial charge on any atom is 0.129 e. The molecule has 4 aliphatic rings. The van der Waals surface area contributed by atoms with Crippen molar-refractivity contribution in [2.45, 2.75) is 51.0 Å². The number of hydrogen-bond acceptors (Lipinski definition) is 1. The topological polar surface area (TPSA) is 26.0 Å². The van der Waals surface area contributed by atoms with Gasteiger partial charge in [-0.05, 0) is 80.2 Å². The van der Waals surface area contributed by atoms with Gasteiger partial charge in [-0.2, -0.15) is 0 Å². The van der Waals surface area contributed by atoms with Gasteiger partial charge in [-0.1, -0.05) is 6.07 Å². The Labute approximate surface area is 124 Å². The average molecular weight is 291 g/mol. The molecule has 21 heavy (non-hydrogen) atoms. The van der Waals surface area contributed by atoms with Crippen LogP contribution in [0.25, 0.3) is 0 Å². The van der Waals surface area contributed by atoms with Gasteiger partial charge in [-0.15, -0.1) is 0 Å². The Morgan fingerprint density at radius 3 is 1.95 bits per heavy atom. The van der Waals surface area contributed by atoms with Gasteiger partial charge in [0.2, 0.25) is 0 Å². The van der Waals surface area contributed by atoms with E-state index in [-0.39, 0.29) is 17.0 Å². The van der Waals surface area contributed by atoms with Gasteiger partial charge >= 0.3 is 0 Å². The fraction of sp³-hybridized carbons (Fsp3) is 0.667. The minimum atomic E-state index is -0.449. The lowest BCUT2D eigenvalue weighted by molar-refractivity contribution is -0.0669. The van der Waals surface area contributed by atoms with E-state index in [1.165, 1.54) is 56.7 Å². The number of nitrogens with two attached hydrogens (primary N) is 1. The molecule has 1 unspecified atom stereocenters. The molecule has 114 valence electrons. The van der Waals surface area contributed by atoms with Crippen LogP contribution in [0.15, 0.2) is 18.2 Å². The minimum absolute atomic E-state index is 0.114. The van der Waals surface area contributed by atoms with Gasteiger partial charge in [-0.3, -0.25) is 0 Å². The van der Waals surface area contributed by atoms with Gasteiger partial charge in [0, 0.05) is 11.6 Å². The molecule has 1 atom stereocenters. The van der Waals surface area contributed by atoms with Crippen molar-refractivity contribution in [3.8, 4) is 0 Å². The molecule has 3 heteroatoms. The highest BCUT2D eigenvalue weighted by molar-refractivity contribution is 5.22. The molecule has 1 aromatic carbocycles. The molecular weight excluding hydrogens is 268 g/mol. The summed E-state index contributed by atoms with van der Waals surface area (Å²) in [5.74, 6) is 1.54. The van der Waals surface area contributed by atoms with E-state index in [4.69, 9.17) is 5.73 Å². The largest absolute Gasteiger partial charge is 0.327 e. The van der Waals surface area contributed by atoms with Crippen molar-refractivity contribution in [3.63, 3.8) is 0 Å². The van der Waals surface area contributed by atoms with Crippen LogP contribution in [-0.2, 0) is 6.42 Å². The zero-order chi connectivity index (χ0) is 14.6. The zero-order valence-electron chi connectivity index (χ0n) is 12.3. The van der Waals surface area contributed by atoms with Crippen LogP contribution in [0, 0.1) is 34.8 Å². The van der Waals surface area contributed by atoms with E-state index in [1.807, 2.05) is 0 Å². The predicted molar refractivity (Wildman–Crippen MR) is 78.6 cm³/mol. The number of benzene rings is 1. The van der Waals surface area contributed by atoms with E-state index in [1.54, 1.807) is 0 Å². The fourth-order valence-electron chi connectivity index (χ4n) is 5.80. The van der Waals surface area contributed by atoms with Gasteiger partial charge in [-0.25, -0.2) is 8.78 Å². The molecule has 0 amide bonds. The summed E-state index contributed by atoms with van der Waals surface area (Å²) in [6.07, 6.45) is 7.95. The lowest BCUT2D eigenvalue weighted by atomic mass is 9.47. The van der Waals surface area contributed by atoms with Gasteiger partial charge in [0.25, 0.3) is 0 Å².